The average molecular weight is 360 g/mol. The third-order valence-corrected chi connectivity index (χ3v) is 4.05. The van der Waals surface area contributed by atoms with Crippen LogP contribution in [0.1, 0.15) is 23.5 Å². The van der Waals surface area contributed by atoms with Gasteiger partial charge in [0.15, 0.2) is 5.69 Å². The van der Waals surface area contributed by atoms with E-state index in [0.29, 0.717) is 18.0 Å². The Morgan fingerprint density at radius 2 is 2.23 bits per heavy atom. The smallest absolute Gasteiger partial charge is 0.364 e. The number of carbonyl (C=O) groups is 1. The molecule has 1 fully saturated rings. The third kappa shape index (κ3) is 5.08. The van der Waals surface area contributed by atoms with Crippen molar-refractivity contribution in [2.45, 2.75) is 37.6 Å². The van der Waals surface area contributed by atoms with Crippen LogP contribution in [0.15, 0.2) is 5.38 Å². The Kier molecular flexibility index (Phi) is 7.04. The molecule has 0 unspecified atom stereocenters. The van der Waals surface area contributed by atoms with Gasteiger partial charge in [0, 0.05) is 24.9 Å². The van der Waals surface area contributed by atoms with Crippen molar-refractivity contribution in [3.05, 3.63) is 16.1 Å². The topological polar surface area (TPSA) is 77.2 Å². The summed E-state index contributed by atoms with van der Waals surface area (Å²) in [4.78, 5) is 15.3. The fourth-order valence-electron chi connectivity index (χ4n) is 2.03. The van der Waals surface area contributed by atoms with Crippen molar-refractivity contribution in [3.8, 4) is 0 Å². The summed E-state index contributed by atoms with van der Waals surface area (Å²) in [6.07, 6.45) is -3.40. The highest BCUT2D eigenvalue weighted by Crippen LogP contribution is 2.30. The number of carbonyl (C=O) groups excluding carboxylic acids is 1. The first kappa shape index (κ1) is 19.1. The lowest BCUT2D eigenvalue weighted by molar-refractivity contribution is -0.140. The van der Waals surface area contributed by atoms with Crippen LogP contribution in [0, 0.1) is 0 Å². The Balaban J connectivity index is 0.00000242. The standard InChI is InChI=1S/C12H16F3N3O2S.ClH/c13-12(14,15)9-6-21-10(18-9)3-4-17-11(19)8-2-1-7(5-16)20-8;/h6-8H,1-5,16H2,(H,17,19);1H/t7-,8+;/m1./s1. The quantitative estimate of drug-likeness (QED) is 0.839. The van der Waals surface area contributed by atoms with Crippen molar-refractivity contribution in [2.24, 2.45) is 5.73 Å². The van der Waals surface area contributed by atoms with Crippen LogP contribution in [0.4, 0.5) is 13.2 Å². The second-order valence-electron chi connectivity index (χ2n) is 4.73. The van der Waals surface area contributed by atoms with E-state index < -0.39 is 18.0 Å². The fraction of sp³-hybridized carbons (Fsp3) is 0.667. The van der Waals surface area contributed by atoms with Crippen LogP contribution in [0.5, 0.6) is 0 Å². The van der Waals surface area contributed by atoms with Crippen LogP contribution in [0.2, 0.25) is 0 Å². The van der Waals surface area contributed by atoms with E-state index in [9.17, 15) is 18.0 Å². The number of thiazole rings is 1. The third-order valence-electron chi connectivity index (χ3n) is 3.14. The summed E-state index contributed by atoms with van der Waals surface area (Å²) in [5.74, 6) is -0.251. The number of nitrogens with zero attached hydrogens (tertiary/aromatic N) is 1. The SMILES string of the molecule is Cl.NC[C@H]1CC[C@@H](C(=O)NCCc2nc(C(F)(F)F)cs2)O1. The molecule has 1 amide bonds. The molecule has 2 heterocycles. The van der Waals surface area contributed by atoms with E-state index in [1.807, 2.05) is 0 Å². The van der Waals surface area contributed by atoms with Gasteiger partial charge >= 0.3 is 6.18 Å². The molecule has 1 aromatic rings. The molecule has 0 aromatic carbocycles. The molecule has 2 rings (SSSR count). The van der Waals surface area contributed by atoms with E-state index >= 15 is 0 Å². The number of rotatable bonds is 5. The van der Waals surface area contributed by atoms with Crippen molar-refractivity contribution in [1.29, 1.82) is 0 Å². The molecule has 1 aliphatic rings. The van der Waals surface area contributed by atoms with Gasteiger partial charge in [0.2, 0.25) is 5.91 Å². The molecule has 0 saturated carbocycles. The van der Waals surface area contributed by atoms with Crippen molar-refractivity contribution in [1.82, 2.24) is 10.3 Å². The van der Waals surface area contributed by atoms with E-state index in [2.05, 4.69) is 10.3 Å². The Hall–Kier alpha value is -0.900. The minimum absolute atomic E-state index is 0. The molecule has 1 aliphatic heterocycles. The molecule has 10 heteroatoms. The molecular formula is C12H17ClF3N3O2S. The molecule has 0 bridgehead atoms. The Bertz CT molecular complexity index is 498. The highest BCUT2D eigenvalue weighted by molar-refractivity contribution is 7.09. The number of nitrogens with two attached hydrogens (primary N) is 1. The van der Waals surface area contributed by atoms with Crippen LogP contribution < -0.4 is 11.1 Å². The first-order valence-corrected chi connectivity index (χ1v) is 7.43. The number of hydrogen-bond donors (Lipinski definition) is 2. The maximum absolute atomic E-state index is 12.4. The zero-order chi connectivity index (χ0) is 15.5. The number of nitrogens with one attached hydrogen (secondary N) is 1. The molecule has 0 radical (unpaired) electrons. The molecule has 0 aliphatic carbocycles. The normalized spacial score (nSPS) is 21.5. The number of alkyl halides is 3. The van der Waals surface area contributed by atoms with E-state index in [4.69, 9.17) is 10.5 Å². The average Bonchev–Trinajstić information content (AvgIpc) is 3.06. The number of aromatic nitrogens is 1. The lowest BCUT2D eigenvalue weighted by atomic mass is 10.2. The van der Waals surface area contributed by atoms with Gasteiger partial charge in [-0.25, -0.2) is 4.98 Å². The summed E-state index contributed by atoms with van der Waals surface area (Å²) in [7, 11) is 0. The van der Waals surface area contributed by atoms with Crippen molar-refractivity contribution in [3.63, 3.8) is 0 Å². The molecule has 1 aromatic heterocycles. The van der Waals surface area contributed by atoms with Crippen molar-refractivity contribution < 1.29 is 22.7 Å². The first-order valence-electron chi connectivity index (χ1n) is 6.55. The molecule has 3 N–H and O–H groups in total. The van der Waals surface area contributed by atoms with Crippen LogP contribution in [0.25, 0.3) is 0 Å². The molecule has 2 atom stereocenters. The maximum atomic E-state index is 12.4. The van der Waals surface area contributed by atoms with E-state index in [-0.39, 0.29) is 37.4 Å². The predicted molar refractivity (Wildman–Crippen MR) is 78.0 cm³/mol. The van der Waals surface area contributed by atoms with Crippen molar-refractivity contribution in [2.75, 3.05) is 13.1 Å². The summed E-state index contributed by atoms with van der Waals surface area (Å²) >= 11 is 0.934. The van der Waals surface area contributed by atoms with Crippen LogP contribution in [0.3, 0.4) is 0 Å². The summed E-state index contributed by atoms with van der Waals surface area (Å²) in [6, 6.07) is 0. The summed E-state index contributed by atoms with van der Waals surface area (Å²) in [6.45, 7) is 0.611. The summed E-state index contributed by atoms with van der Waals surface area (Å²) in [5, 5.41) is 3.96. The Morgan fingerprint density at radius 3 is 2.77 bits per heavy atom. The number of ether oxygens (including phenoxy) is 1. The fourth-order valence-corrected chi connectivity index (χ4v) is 2.84. The molecule has 0 spiro atoms. The van der Waals surface area contributed by atoms with E-state index in [0.717, 1.165) is 23.1 Å². The predicted octanol–water partition coefficient (Wildman–Crippen LogP) is 1.75. The Labute approximate surface area is 135 Å². The van der Waals surface area contributed by atoms with Crippen LogP contribution in [-0.2, 0) is 22.1 Å². The summed E-state index contributed by atoms with van der Waals surface area (Å²) in [5.41, 5.74) is 4.56. The largest absolute Gasteiger partial charge is 0.434 e. The van der Waals surface area contributed by atoms with Gasteiger partial charge in [-0.15, -0.1) is 23.7 Å². The summed E-state index contributed by atoms with van der Waals surface area (Å²) < 4.78 is 42.5. The minimum Gasteiger partial charge on any atom is -0.364 e. The number of amides is 1. The van der Waals surface area contributed by atoms with E-state index in [1.54, 1.807) is 0 Å². The van der Waals surface area contributed by atoms with Crippen molar-refractivity contribution >= 4 is 29.7 Å². The van der Waals surface area contributed by atoms with Gasteiger partial charge in [-0.05, 0) is 12.8 Å². The van der Waals surface area contributed by atoms with Gasteiger partial charge < -0.3 is 15.8 Å². The minimum atomic E-state index is -4.42. The second-order valence-corrected chi connectivity index (χ2v) is 5.67. The first-order chi connectivity index (χ1) is 9.90. The maximum Gasteiger partial charge on any atom is 0.434 e. The van der Waals surface area contributed by atoms with Crippen LogP contribution in [-0.4, -0.2) is 36.2 Å². The molecule has 1 saturated heterocycles. The van der Waals surface area contributed by atoms with Gasteiger partial charge in [0.1, 0.15) is 6.10 Å². The molecular weight excluding hydrogens is 343 g/mol. The van der Waals surface area contributed by atoms with Gasteiger partial charge in [0.25, 0.3) is 0 Å². The van der Waals surface area contributed by atoms with Gasteiger partial charge in [-0.1, -0.05) is 0 Å². The lowest BCUT2D eigenvalue weighted by Gasteiger charge is -2.12. The lowest BCUT2D eigenvalue weighted by Crippen LogP contribution is -2.36. The highest BCUT2D eigenvalue weighted by Gasteiger charge is 2.33. The Morgan fingerprint density at radius 1 is 1.50 bits per heavy atom. The number of hydrogen-bond acceptors (Lipinski definition) is 5. The zero-order valence-corrected chi connectivity index (χ0v) is 13.2. The van der Waals surface area contributed by atoms with Gasteiger partial charge in [-0.2, -0.15) is 13.2 Å². The van der Waals surface area contributed by atoms with Gasteiger partial charge in [-0.3, -0.25) is 4.79 Å². The van der Waals surface area contributed by atoms with Crippen LogP contribution >= 0.6 is 23.7 Å². The second kappa shape index (κ2) is 8.09. The zero-order valence-electron chi connectivity index (χ0n) is 11.6. The van der Waals surface area contributed by atoms with E-state index in [1.165, 1.54) is 0 Å². The van der Waals surface area contributed by atoms with Gasteiger partial charge in [0.05, 0.1) is 11.1 Å². The molecule has 5 nitrogen and oxygen atoms in total. The molecule has 126 valence electrons. The highest BCUT2D eigenvalue weighted by atomic mass is 35.5. The monoisotopic (exact) mass is 359 g/mol. The molecule has 22 heavy (non-hydrogen) atoms. The number of halogens is 4.